The van der Waals surface area contributed by atoms with Crippen LogP contribution in [0.5, 0.6) is 0 Å². The molecule has 3 rings (SSSR count). The number of benzene rings is 2. The molecule has 0 aromatic heterocycles. The van der Waals surface area contributed by atoms with Crippen molar-refractivity contribution in [3.63, 3.8) is 0 Å². The Balaban J connectivity index is 2.28. The van der Waals surface area contributed by atoms with Crippen LogP contribution in [0, 0.1) is 5.41 Å². The van der Waals surface area contributed by atoms with E-state index in [2.05, 4.69) is 0 Å². The predicted molar refractivity (Wildman–Crippen MR) is 65.7 cm³/mol. The summed E-state index contributed by atoms with van der Waals surface area (Å²) in [6.07, 6.45) is 1.37. The molecule has 0 bridgehead atoms. The standard InChI is InChI=1S/C14H9NO2/c15-14-12(8-13(16)17-14)11-7-3-5-9-4-1-2-6-10(9)11/h1-8,15H. The fourth-order valence-corrected chi connectivity index (χ4v) is 2.03. The van der Waals surface area contributed by atoms with Crippen LogP contribution in [0.3, 0.4) is 0 Å². The molecule has 0 amide bonds. The summed E-state index contributed by atoms with van der Waals surface area (Å²) in [5.74, 6) is -0.552. The second kappa shape index (κ2) is 3.56. The highest BCUT2D eigenvalue weighted by molar-refractivity contribution is 6.31. The van der Waals surface area contributed by atoms with Crippen molar-refractivity contribution in [1.29, 1.82) is 5.41 Å². The van der Waals surface area contributed by atoms with Gasteiger partial charge in [0.1, 0.15) is 0 Å². The van der Waals surface area contributed by atoms with Crippen molar-refractivity contribution >= 4 is 28.2 Å². The Morgan fingerprint density at radius 2 is 1.76 bits per heavy atom. The molecule has 0 saturated carbocycles. The van der Waals surface area contributed by atoms with Crippen molar-refractivity contribution in [2.75, 3.05) is 0 Å². The molecule has 17 heavy (non-hydrogen) atoms. The minimum Gasteiger partial charge on any atom is -0.404 e. The molecule has 1 aliphatic rings. The van der Waals surface area contributed by atoms with Crippen LogP contribution in [0.15, 0.2) is 48.5 Å². The number of carbonyl (C=O) groups excluding carboxylic acids is 1. The maximum Gasteiger partial charge on any atom is 0.338 e. The van der Waals surface area contributed by atoms with Crippen LogP contribution in [0.25, 0.3) is 16.3 Å². The number of ether oxygens (including phenoxy) is 1. The van der Waals surface area contributed by atoms with Gasteiger partial charge in [-0.1, -0.05) is 42.5 Å². The highest BCUT2D eigenvalue weighted by Gasteiger charge is 2.22. The van der Waals surface area contributed by atoms with Gasteiger partial charge in [-0.3, -0.25) is 5.41 Å². The summed E-state index contributed by atoms with van der Waals surface area (Å²) in [4.78, 5) is 11.1. The molecule has 1 N–H and O–H groups in total. The van der Waals surface area contributed by atoms with Gasteiger partial charge in [-0.25, -0.2) is 4.79 Å². The molecule has 0 atom stereocenters. The van der Waals surface area contributed by atoms with E-state index in [1.165, 1.54) is 6.08 Å². The van der Waals surface area contributed by atoms with Gasteiger partial charge in [-0.05, 0) is 16.3 Å². The Labute approximate surface area is 97.8 Å². The van der Waals surface area contributed by atoms with Crippen LogP contribution in [0.1, 0.15) is 5.56 Å². The summed E-state index contributed by atoms with van der Waals surface area (Å²) in [7, 11) is 0. The number of esters is 1. The highest BCUT2D eigenvalue weighted by Crippen LogP contribution is 2.28. The molecule has 1 aliphatic heterocycles. The molecule has 3 heteroatoms. The van der Waals surface area contributed by atoms with E-state index in [9.17, 15) is 4.79 Å². The van der Waals surface area contributed by atoms with E-state index in [1.807, 2.05) is 42.5 Å². The lowest BCUT2D eigenvalue weighted by Gasteiger charge is -2.06. The van der Waals surface area contributed by atoms with Crippen LogP contribution in [0.2, 0.25) is 0 Å². The fraction of sp³-hybridized carbons (Fsp3) is 0. The first-order chi connectivity index (χ1) is 8.25. The molecule has 82 valence electrons. The van der Waals surface area contributed by atoms with Crippen LogP contribution in [-0.4, -0.2) is 11.9 Å². The monoisotopic (exact) mass is 223 g/mol. The molecule has 2 aromatic carbocycles. The van der Waals surface area contributed by atoms with E-state index in [-0.39, 0.29) is 5.90 Å². The summed E-state index contributed by atoms with van der Waals surface area (Å²) in [6.45, 7) is 0. The van der Waals surface area contributed by atoms with Gasteiger partial charge < -0.3 is 4.74 Å². The zero-order valence-corrected chi connectivity index (χ0v) is 8.94. The number of rotatable bonds is 1. The SMILES string of the molecule is N=C1OC(=O)C=C1c1cccc2ccccc12. The molecule has 0 spiro atoms. The third-order valence-corrected chi connectivity index (χ3v) is 2.79. The van der Waals surface area contributed by atoms with Gasteiger partial charge in [0.05, 0.1) is 5.57 Å². The summed E-state index contributed by atoms with van der Waals surface area (Å²) in [6, 6.07) is 13.7. The van der Waals surface area contributed by atoms with Crippen molar-refractivity contribution in [1.82, 2.24) is 0 Å². The predicted octanol–water partition coefficient (Wildman–Crippen LogP) is 2.76. The van der Waals surface area contributed by atoms with Crippen LogP contribution in [0.4, 0.5) is 0 Å². The van der Waals surface area contributed by atoms with Crippen molar-refractivity contribution in [2.45, 2.75) is 0 Å². The van der Waals surface area contributed by atoms with E-state index < -0.39 is 5.97 Å². The molecule has 0 saturated heterocycles. The Morgan fingerprint density at radius 3 is 2.53 bits per heavy atom. The minimum absolute atomic E-state index is 0.0775. The van der Waals surface area contributed by atoms with Gasteiger partial charge in [0, 0.05) is 6.08 Å². The normalized spacial score (nSPS) is 14.9. The minimum atomic E-state index is -0.474. The Kier molecular flexibility index (Phi) is 2.05. The first kappa shape index (κ1) is 9.78. The van der Waals surface area contributed by atoms with Crippen molar-refractivity contribution in [3.8, 4) is 0 Å². The molecule has 0 radical (unpaired) electrons. The second-order valence-electron chi connectivity index (χ2n) is 3.83. The lowest BCUT2D eigenvalue weighted by molar-refractivity contribution is -0.129. The van der Waals surface area contributed by atoms with Crippen LogP contribution >= 0.6 is 0 Å². The molecule has 0 aliphatic carbocycles. The van der Waals surface area contributed by atoms with Gasteiger partial charge >= 0.3 is 5.97 Å². The maximum atomic E-state index is 11.1. The van der Waals surface area contributed by atoms with E-state index in [4.69, 9.17) is 10.1 Å². The number of hydrogen-bond acceptors (Lipinski definition) is 3. The Morgan fingerprint density at radius 1 is 1.00 bits per heavy atom. The topological polar surface area (TPSA) is 50.1 Å². The summed E-state index contributed by atoms with van der Waals surface area (Å²) >= 11 is 0. The van der Waals surface area contributed by atoms with E-state index in [0.29, 0.717) is 5.57 Å². The number of fused-ring (bicyclic) bond motifs is 1. The lowest BCUT2D eigenvalue weighted by atomic mass is 9.98. The summed E-state index contributed by atoms with van der Waals surface area (Å²) < 4.78 is 4.73. The quantitative estimate of drug-likeness (QED) is 0.756. The van der Waals surface area contributed by atoms with E-state index >= 15 is 0 Å². The molecule has 0 fully saturated rings. The Hall–Kier alpha value is -2.42. The van der Waals surface area contributed by atoms with Crippen molar-refractivity contribution in [2.24, 2.45) is 0 Å². The molecule has 1 heterocycles. The van der Waals surface area contributed by atoms with Crippen molar-refractivity contribution in [3.05, 3.63) is 54.1 Å². The number of nitrogens with one attached hydrogen (secondary N) is 1. The smallest absolute Gasteiger partial charge is 0.338 e. The van der Waals surface area contributed by atoms with Gasteiger partial charge in [0.15, 0.2) is 0 Å². The zero-order chi connectivity index (χ0) is 11.8. The van der Waals surface area contributed by atoms with E-state index in [0.717, 1.165) is 16.3 Å². The highest BCUT2D eigenvalue weighted by atomic mass is 16.5. The molecule has 2 aromatic rings. The third kappa shape index (κ3) is 1.52. The molecule has 0 unspecified atom stereocenters. The maximum absolute atomic E-state index is 11.1. The first-order valence-electron chi connectivity index (χ1n) is 5.26. The van der Waals surface area contributed by atoms with Crippen LogP contribution < -0.4 is 0 Å². The average Bonchev–Trinajstić information content (AvgIpc) is 2.68. The number of hydrogen-bond donors (Lipinski definition) is 1. The molecular formula is C14H9NO2. The summed E-state index contributed by atoms with van der Waals surface area (Å²) in [5, 5.41) is 9.74. The average molecular weight is 223 g/mol. The third-order valence-electron chi connectivity index (χ3n) is 2.79. The summed E-state index contributed by atoms with van der Waals surface area (Å²) in [5.41, 5.74) is 1.41. The van der Waals surface area contributed by atoms with Gasteiger partial charge in [0.25, 0.3) is 0 Å². The van der Waals surface area contributed by atoms with Gasteiger partial charge in [-0.2, -0.15) is 0 Å². The van der Waals surface area contributed by atoms with E-state index in [1.54, 1.807) is 0 Å². The van der Waals surface area contributed by atoms with Gasteiger partial charge in [0.2, 0.25) is 5.90 Å². The largest absolute Gasteiger partial charge is 0.404 e. The lowest BCUT2D eigenvalue weighted by Crippen LogP contribution is -2.00. The van der Waals surface area contributed by atoms with Gasteiger partial charge in [-0.15, -0.1) is 0 Å². The fourth-order valence-electron chi connectivity index (χ4n) is 2.03. The zero-order valence-electron chi connectivity index (χ0n) is 8.94. The molecular weight excluding hydrogens is 214 g/mol. The second-order valence-corrected chi connectivity index (χ2v) is 3.83. The molecule has 3 nitrogen and oxygen atoms in total. The Bertz CT molecular complexity index is 665. The first-order valence-corrected chi connectivity index (χ1v) is 5.26. The van der Waals surface area contributed by atoms with Crippen molar-refractivity contribution < 1.29 is 9.53 Å². The number of cyclic esters (lactones) is 1. The number of carbonyl (C=O) groups is 1. The van der Waals surface area contributed by atoms with Crippen LogP contribution in [-0.2, 0) is 9.53 Å².